The third kappa shape index (κ3) is 4.97. The van der Waals surface area contributed by atoms with Crippen LogP contribution in [0, 0.1) is 0 Å². The first kappa shape index (κ1) is 19.5. The van der Waals surface area contributed by atoms with Crippen molar-refractivity contribution in [2.24, 2.45) is 0 Å². The van der Waals surface area contributed by atoms with Gasteiger partial charge in [-0.2, -0.15) is 0 Å². The molecule has 148 valence electrons. The van der Waals surface area contributed by atoms with E-state index in [2.05, 4.69) is 63.8 Å². The number of aromatic nitrogens is 2. The van der Waals surface area contributed by atoms with Gasteiger partial charge in [0.25, 0.3) is 0 Å². The van der Waals surface area contributed by atoms with Gasteiger partial charge in [0, 0.05) is 18.5 Å². The Bertz CT molecular complexity index is 1100. The molecule has 1 aromatic heterocycles. The first-order chi connectivity index (χ1) is 14.8. The molecule has 3 aromatic carbocycles. The van der Waals surface area contributed by atoms with Crippen LogP contribution in [-0.2, 0) is 4.79 Å². The first-order valence-electron chi connectivity index (χ1n) is 10.1. The normalized spacial score (nSPS) is 11.2. The van der Waals surface area contributed by atoms with Gasteiger partial charge in [-0.05, 0) is 35.8 Å². The maximum Gasteiger partial charge on any atom is 0.244 e. The number of hydrogen-bond acceptors (Lipinski definition) is 3. The highest BCUT2D eigenvalue weighted by molar-refractivity contribution is 5.91. The van der Waals surface area contributed by atoms with Crippen molar-refractivity contribution in [2.75, 3.05) is 6.54 Å². The Morgan fingerprint density at radius 1 is 0.833 bits per heavy atom. The van der Waals surface area contributed by atoms with Gasteiger partial charge in [-0.15, -0.1) is 0 Å². The number of nitrogens with one attached hydrogen (secondary N) is 1. The van der Waals surface area contributed by atoms with Crippen molar-refractivity contribution in [1.82, 2.24) is 15.3 Å². The molecule has 0 radical (unpaired) electrons. The smallest absolute Gasteiger partial charge is 0.244 e. The van der Waals surface area contributed by atoms with Crippen molar-refractivity contribution in [1.29, 1.82) is 0 Å². The molecule has 30 heavy (non-hydrogen) atoms. The Morgan fingerprint density at radius 3 is 2.10 bits per heavy atom. The molecule has 4 aromatic rings. The zero-order valence-electron chi connectivity index (χ0n) is 16.6. The highest BCUT2D eigenvalue weighted by atomic mass is 16.1. The fraction of sp³-hybridized carbons (Fsp3) is 0.115. The number of para-hydroxylation sites is 2. The molecule has 0 saturated carbocycles. The molecule has 1 heterocycles. The molecular formula is C26H23N3O. The Labute approximate surface area is 176 Å². The number of fused-ring (bicyclic) bond motifs is 1. The van der Waals surface area contributed by atoms with Crippen molar-refractivity contribution >= 4 is 23.0 Å². The Morgan fingerprint density at radius 2 is 1.43 bits per heavy atom. The van der Waals surface area contributed by atoms with Gasteiger partial charge in [0.05, 0.1) is 22.9 Å². The van der Waals surface area contributed by atoms with E-state index in [-0.39, 0.29) is 11.8 Å². The molecule has 4 rings (SSSR count). The average Bonchev–Trinajstić information content (AvgIpc) is 2.81. The fourth-order valence-corrected chi connectivity index (χ4v) is 3.51. The third-order valence-electron chi connectivity index (χ3n) is 5.01. The summed E-state index contributed by atoms with van der Waals surface area (Å²) in [5.41, 5.74) is 4.82. The highest BCUT2D eigenvalue weighted by Crippen LogP contribution is 2.27. The van der Waals surface area contributed by atoms with Gasteiger partial charge in [0.2, 0.25) is 5.91 Å². The third-order valence-corrected chi connectivity index (χ3v) is 5.01. The topological polar surface area (TPSA) is 54.9 Å². The molecule has 0 atom stereocenters. The zero-order valence-corrected chi connectivity index (χ0v) is 16.6. The van der Waals surface area contributed by atoms with E-state index in [1.807, 2.05) is 36.4 Å². The number of amides is 1. The average molecular weight is 393 g/mol. The van der Waals surface area contributed by atoms with Crippen molar-refractivity contribution in [2.45, 2.75) is 12.3 Å². The van der Waals surface area contributed by atoms with Crippen LogP contribution in [0.25, 0.3) is 17.1 Å². The van der Waals surface area contributed by atoms with Crippen LogP contribution in [0.1, 0.15) is 29.2 Å². The summed E-state index contributed by atoms with van der Waals surface area (Å²) in [7, 11) is 0. The van der Waals surface area contributed by atoms with Crippen LogP contribution in [0.5, 0.6) is 0 Å². The van der Waals surface area contributed by atoms with Crippen LogP contribution in [0.3, 0.4) is 0 Å². The van der Waals surface area contributed by atoms with Gasteiger partial charge < -0.3 is 5.32 Å². The number of carbonyl (C=O) groups is 1. The van der Waals surface area contributed by atoms with Crippen molar-refractivity contribution in [3.8, 4) is 0 Å². The predicted molar refractivity (Wildman–Crippen MR) is 121 cm³/mol. The van der Waals surface area contributed by atoms with E-state index in [1.165, 1.54) is 17.2 Å². The summed E-state index contributed by atoms with van der Waals surface area (Å²) < 4.78 is 0. The van der Waals surface area contributed by atoms with E-state index < -0.39 is 0 Å². The molecule has 0 spiro atoms. The van der Waals surface area contributed by atoms with E-state index in [4.69, 9.17) is 0 Å². The van der Waals surface area contributed by atoms with Crippen LogP contribution in [-0.4, -0.2) is 22.4 Å². The van der Waals surface area contributed by atoms with Gasteiger partial charge in [0.15, 0.2) is 0 Å². The molecule has 4 heteroatoms. The van der Waals surface area contributed by atoms with E-state index in [9.17, 15) is 4.79 Å². The molecule has 1 N–H and O–H groups in total. The molecule has 4 nitrogen and oxygen atoms in total. The van der Waals surface area contributed by atoms with Crippen LogP contribution in [0.4, 0.5) is 0 Å². The SMILES string of the molecule is O=C(/C=C/c1cnc2ccccc2n1)NCCC(c1ccccc1)c1ccccc1. The first-order valence-corrected chi connectivity index (χ1v) is 10.1. The number of nitrogens with zero attached hydrogens (tertiary/aromatic N) is 2. The van der Waals surface area contributed by atoms with Crippen molar-refractivity contribution < 1.29 is 4.79 Å². The van der Waals surface area contributed by atoms with Crippen LogP contribution in [0.2, 0.25) is 0 Å². The standard InChI is InChI=1S/C26H23N3O/c30-26(16-15-22-19-28-24-13-7-8-14-25(24)29-22)27-18-17-23(20-9-3-1-4-10-20)21-11-5-2-6-12-21/h1-16,19,23H,17-18H2,(H,27,30)/b16-15+. The molecule has 0 unspecified atom stereocenters. The lowest BCUT2D eigenvalue weighted by Gasteiger charge is -2.18. The number of hydrogen-bond donors (Lipinski definition) is 1. The summed E-state index contributed by atoms with van der Waals surface area (Å²) in [6.45, 7) is 0.584. The lowest BCUT2D eigenvalue weighted by atomic mass is 9.88. The fourth-order valence-electron chi connectivity index (χ4n) is 3.51. The summed E-state index contributed by atoms with van der Waals surface area (Å²) in [4.78, 5) is 21.2. The van der Waals surface area contributed by atoms with E-state index >= 15 is 0 Å². The van der Waals surface area contributed by atoms with Gasteiger partial charge in [-0.1, -0.05) is 72.8 Å². The zero-order chi connectivity index (χ0) is 20.6. The van der Waals surface area contributed by atoms with Crippen molar-refractivity contribution in [3.05, 3.63) is 114 Å². The summed E-state index contributed by atoms with van der Waals surface area (Å²) >= 11 is 0. The summed E-state index contributed by atoms with van der Waals surface area (Å²) in [5, 5.41) is 2.99. The minimum absolute atomic E-state index is 0.134. The number of rotatable bonds is 7. The Balaban J connectivity index is 1.38. The number of carbonyl (C=O) groups excluding carboxylic acids is 1. The maximum absolute atomic E-state index is 12.3. The van der Waals surface area contributed by atoms with Crippen molar-refractivity contribution in [3.63, 3.8) is 0 Å². The monoisotopic (exact) mass is 393 g/mol. The molecule has 1 amide bonds. The molecular weight excluding hydrogens is 370 g/mol. The Hall–Kier alpha value is -3.79. The lowest BCUT2D eigenvalue weighted by molar-refractivity contribution is -0.116. The van der Waals surface area contributed by atoms with Crippen LogP contribution >= 0.6 is 0 Å². The lowest BCUT2D eigenvalue weighted by Crippen LogP contribution is -2.23. The molecule has 0 aliphatic carbocycles. The van der Waals surface area contributed by atoms with E-state index in [0.29, 0.717) is 12.2 Å². The minimum Gasteiger partial charge on any atom is -0.353 e. The van der Waals surface area contributed by atoms with Gasteiger partial charge in [-0.3, -0.25) is 9.78 Å². The maximum atomic E-state index is 12.3. The second-order valence-electron chi connectivity index (χ2n) is 7.07. The van der Waals surface area contributed by atoms with Gasteiger partial charge in [0.1, 0.15) is 0 Å². The molecule has 0 aliphatic heterocycles. The molecule has 0 aliphatic rings. The molecule has 0 bridgehead atoms. The van der Waals surface area contributed by atoms with E-state index in [0.717, 1.165) is 17.5 Å². The van der Waals surface area contributed by atoms with Gasteiger partial charge in [-0.25, -0.2) is 4.98 Å². The predicted octanol–water partition coefficient (Wildman–Crippen LogP) is 4.98. The van der Waals surface area contributed by atoms with Crippen LogP contribution < -0.4 is 5.32 Å². The minimum atomic E-state index is -0.134. The number of benzene rings is 3. The van der Waals surface area contributed by atoms with E-state index in [1.54, 1.807) is 12.3 Å². The van der Waals surface area contributed by atoms with Crippen LogP contribution in [0.15, 0.2) is 97.2 Å². The highest BCUT2D eigenvalue weighted by Gasteiger charge is 2.13. The quantitative estimate of drug-likeness (QED) is 0.451. The largest absolute Gasteiger partial charge is 0.353 e. The summed E-state index contributed by atoms with van der Waals surface area (Å²) in [6, 6.07) is 28.5. The molecule has 0 fully saturated rings. The van der Waals surface area contributed by atoms with Gasteiger partial charge >= 0.3 is 0 Å². The second-order valence-corrected chi connectivity index (χ2v) is 7.07. The summed E-state index contributed by atoms with van der Waals surface area (Å²) in [5.74, 6) is 0.105. The summed E-state index contributed by atoms with van der Waals surface area (Å²) in [6.07, 6.45) is 5.70. The molecule has 0 saturated heterocycles. The second kappa shape index (κ2) is 9.61. The Kier molecular flexibility index (Phi) is 6.25.